The Morgan fingerprint density at radius 1 is 1.03 bits per heavy atom. The molecule has 0 aromatic heterocycles. The van der Waals surface area contributed by atoms with E-state index < -0.39 is 17.6 Å². The summed E-state index contributed by atoms with van der Waals surface area (Å²) >= 11 is 0. The van der Waals surface area contributed by atoms with Crippen molar-refractivity contribution < 1.29 is 28.2 Å². The van der Waals surface area contributed by atoms with Gasteiger partial charge in [0.2, 0.25) is 0 Å². The molecule has 0 saturated heterocycles. The van der Waals surface area contributed by atoms with Crippen LogP contribution in [-0.4, -0.2) is 49.2 Å². The molecule has 8 heteroatoms. The van der Waals surface area contributed by atoms with E-state index in [1.165, 1.54) is 24.3 Å². The Hall–Kier alpha value is -3.39. The molecular formula is C23H23FN2O5. The fourth-order valence-electron chi connectivity index (χ4n) is 3.42. The average molecular weight is 426 g/mol. The van der Waals surface area contributed by atoms with Crippen LogP contribution in [0.1, 0.15) is 19.4 Å². The number of fused-ring (bicyclic) bond motifs is 1. The maximum Gasteiger partial charge on any atom is 0.278 e. The summed E-state index contributed by atoms with van der Waals surface area (Å²) in [6.07, 6.45) is -0.0207. The number of hydrogen-bond donors (Lipinski definition) is 1. The highest BCUT2D eigenvalue weighted by atomic mass is 19.1. The number of nitrogens with zero attached hydrogens (tertiary/aromatic N) is 1. The quantitative estimate of drug-likeness (QED) is 0.685. The normalized spacial score (nSPS) is 15.8. The van der Waals surface area contributed by atoms with Crippen LogP contribution in [0.15, 0.2) is 48.2 Å². The van der Waals surface area contributed by atoms with E-state index in [0.717, 1.165) is 4.90 Å². The third-order valence-electron chi connectivity index (χ3n) is 4.88. The smallest absolute Gasteiger partial charge is 0.278 e. The molecule has 0 spiro atoms. The van der Waals surface area contributed by atoms with Gasteiger partial charge in [0.05, 0.1) is 24.8 Å². The number of benzene rings is 2. The van der Waals surface area contributed by atoms with Crippen molar-refractivity contribution in [2.24, 2.45) is 0 Å². The first-order chi connectivity index (χ1) is 14.9. The Balaban J connectivity index is 1.66. The van der Waals surface area contributed by atoms with Gasteiger partial charge in [-0.3, -0.25) is 14.5 Å². The lowest BCUT2D eigenvalue weighted by molar-refractivity contribution is -0.137. The lowest BCUT2D eigenvalue weighted by Crippen LogP contribution is -2.35. The third-order valence-corrected chi connectivity index (χ3v) is 4.88. The first kappa shape index (κ1) is 20.9. The molecule has 162 valence electrons. The van der Waals surface area contributed by atoms with Gasteiger partial charge in [-0.15, -0.1) is 0 Å². The van der Waals surface area contributed by atoms with Gasteiger partial charge in [0.15, 0.2) is 11.5 Å². The molecule has 2 heterocycles. The lowest BCUT2D eigenvalue weighted by atomic mass is 10.0. The van der Waals surface area contributed by atoms with Gasteiger partial charge in [-0.1, -0.05) is 12.1 Å². The van der Waals surface area contributed by atoms with E-state index in [9.17, 15) is 14.0 Å². The SMILES string of the molecule is CC(C)OCCN1C(=O)C(Nc2ccc3c(c2)OCCO3)=C(c2ccc(F)cc2)C1=O. The minimum atomic E-state index is -0.466. The fourth-order valence-corrected chi connectivity index (χ4v) is 3.42. The van der Waals surface area contributed by atoms with Crippen molar-refractivity contribution in [3.8, 4) is 11.5 Å². The van der Waals surface area contributed by atoms with Crippen molar-refractivity contribution >= 4 is 23.1 Å². The number of rotatable bonds is 7. The molecule has 31 heavy (non-hydrogen) atoms. The van der Waals surface area contributed by atoms with Crippen LogP contribution in [0.2, 0.25) is 0 Å². The molecule has 7 nitrogen and oxygen atoms in total. The molecule has 0 fully saturated rings. The summed E-state index contributed by atoms with van der Waals surface area (Å²) in [6, 6.07) is 10.7. The van der Waals surface area contributed by atoms with Crippen LogP contribution in [0.5, 0.6) is 11.5 Å². The Labute approximate surface area is 179 Å². The van der Waals surface area contributed by atoms with E-state index in [-0.39, 0.29) is 30.5 Å². The first-order valence-corrected chi connectivity index (χ1v) is 10.1. The monoisotopic (exact) mass is 426 g/mol. The zero-order valence-electron chi connectivity index (χ0n) is 17.3. The summed E-state index contributed by atoms with van der Waals surface area (Å²) in [6.45, 7) is 5.01. The van der Waals surface area contributed by atoms with Crippen LogP contribution in [-0.2, 0) is 14.3 Å². The predicted molar refractivity (Wildman–Crippen MR) is 112 cm³/mol. The Morgan fingerprint density at radius 2 is 1.74 bits per heavy atom. The van der Waals surface area contributed by atoms with E-state index >= 15 is 0 Å². The number of amides is 2. The summed E-state index contributed by atoms with van der Waals surface area (Å²) in [5.41, 5.74) is 1.33. The van der Waals surface area contributed by atoms with Crippen molar-refractivity contribution in [3.05, 3.63) is 59.5 Å². The minimum Gasteiger partial charge on any atom is -0.486 e. The Kier molecular flexibility index (Phi) is 5.90. The van der Waals surface area contributed by atoms with Gasteiger partial charge in [-0.2, -0.15) is 0 Å². The molecule has 0 bridgehead atoms. The van der Waals surface area contributed by atoms with Crippen LogP contribution in [0.25, 0.3) is 5.57 Å². The second-order valence-corrected chi connectivity index (χ2v) is 7.42. The third kappa shape index (κ3) is 4.39. The number of carbonyl (C=O) groups is 2. The molecule has 0 aliphatic carbocycles. The lowest BCUT2D eigenvalue weighted by Gasteiger charge is -2.19. The molecule has 0 saturated carbocycles. The van der Waals surface area contributed by atoms with Gasteiger partial charge >= 0.3 is 0 Å². The molecular weight excluding hydrogens is 403 g/mol. The Bertz CT molecular complexity index is 1030. The molecule has 0 atom stereocenters. The number of imide groups is 1. The van der Waals surface area contributed by atoms with E-state index in [0.29, 0.717) is 36.0 Å². The van der Waals surface area contributed by atoms with Crippen LogP contribution < -0.4 is 14.8 Å². The van der Waals surface area contributed by atoms with Crippen molar-refractivity contribution in [1.29, 1.82) is 0 Å². The molecule has 2 amide bonds. The topological polar surface area (TPSA) is 77.1 Å². The molecule has 2 aliphatic heterocycles. The van der Waals surface area contributed by atoms with Crippen molar-refractivity contribution in [2.75, 3.05) is 31.7 Å². The highest BCUT2D eigenvalue weighted by Gasteiger charge is 2.39. The van der Waals surface area contributed by atoms with E-state index in [1.54, 1.807) is 18.2 Å². The molecule has 4 rings (SSSR count). The summed E-state index contributed by atoms with van der Waals surface area (Å²) in [7, 11) is 0. The number of carbonyl (C=O) groups excluding carboxylic acids is 2. The van der Waals surface area contributed by atoms with Crippen LogP contribution in [0.4, 0.5) is 10.1 Å². The molecule has 2 aromatic carbocycles. The van der Waals surface area contributed by atoms with Crippen molar-refractivity contribution in [1.82, 2.24) is 4.90 Å². The number of ether oxygens (including phenoxy) is 3. The maximum atomic E-state index is 13.4. The molecule has 0 radical (unpaired) electrons. The van der Waals surface area contributed by atoms with E-state index in [2.05, 4.69) is 5.32 Å². The van der Waals surface area contributed by atoms with Gasteiger partial charge in [-0.25, -0.2) is 4.39 Å². The van der Waals surface area contributed by atoms with Gasteiger partial charge in [-0.05, 0) is 43.7 Å². The average Bonchev–Trinajstić information content (AvgIpc) is 2.98. The van der Waals surface area contributed by atoms with Crippen molar-refractivity contribution in [2.45, 2.75) is 20.0 Å². The van der Waals surface area contributed by atoms with E-state index in [1.807, 2.05) is 13.8 Å². The summed E-state index contributed by atoms with van der Waals surface area (Å²) in [4.78, 5) is 27.4. The number of anilines is 1. The fraction of sp³-hybridized carbons (Fsp3) is 0.304. The highest BCUT2D eigenvalue weighted by molar-refractivity contribution is 6.36. The zero-order valence-corrected chi connectivity index (χ0v) is 17.3. The van der Waals surface area contributed by atoms with Gasteiger partial charge in [0.1, 0.15) is 24.7 Å². The largest absolute Gasteiger partial charge is 0.486 e. The molecule has 1 N–H and O–H groups in total. The summed E-state index contributed by atoms with van der Waals surface area (Å²) < 4.78 is 30.1. The standard InChI is InChI=1S/C23H23FN2O5/c1-14(2)29-10-9-26-22(27)20(15-3-5-16(24)6-4-15)21(23(26)28)25-17-7-8-18-19(13-17)31-12-11-30-18/h3-8,13-14,25H,9-12H2,1-2H3. The second-order valence-electron chi connectivity index (χ2n) is 7.42. The highest BCUT2D eigenvalue weighted by Crippen LogP contribution is 2.35. The predicted octanol–water partition coefficient (Wildman–Crippen LogP) is 3.21. The van der Waals surface area contributed by atoms with Gasteiger partial charge < -0.3 is 19.5 Å². The van der Waals surface area contributed by atoms with Crippen LogP contribution >= 0.6 is 0 Å². The second kappa shape index (κ2) is 8.77. The Morgan fingerprint density at radius 3 is 2.45 bits per heavy atom. The number of halogens is 1. The minimum absolute atomic E-state index is 0.0207. The van der Waals surface area contributed by atoms with Crippen molar-refractivity contribution in [3.63, 3.8) is 0 Å². The van der Waals surface area contributed by atoms with Gasteiger partial charge in [0, 0.05) is 11.8 Å². The number of hydrogen-bond acceptors (Lipinski definition) is 6. The van der Waals surface area contributed by atoms with Crippen LogP contribution in [0, 0.1) is 5.82 Å². The zero-order chi connectivity index (χ0) is 22.0. The summed E-state index contributed by atoms with van der Waals surface area (Å²) in [5, 5.41) is 3.06. The van der Waals surface area contributed by atoms with Crippen LogP contribution in [0.3, 0.4) is 0 Å². The molecule has 2 aromatic rings. The molecule has 0 unspecified atom stereocenters. The van der Waals surface area contributed by atoms with E-state index in [4.69, 9.17) is 14.2 Å². The molecule has 2 aliphatic rings. The van der Waals surface area contributed by atoms with Gasteiger partial charge in [0.25, 0.3) is 11.8 Å². The summed E-state index contributed by atoms with van der Waals surface area (Å²) in [5.74, 6) is -0.176. The maximum absolute atomic E-state index is 13.4. The number of nitrogens with one attached hydrogen (secondary N) is 1. The first-order valence-electron chi connectivity index (χ1n) is 10.1.